The number of hydrogen-bond donors (Lipinski definition) is 0. The van der Waals surface area contributed by atoms with Crippen molar-refractivity contribution in [3.63, 3.8) is 0 Å². The van der Waals surface area contributed by atoms with E-state index in [1.54, 1.807) is 25.2 Å². The Morgan fingerprint density at radius 1 is 1.10 bits per heavy atom. The van der Waals surface area contributed by atoms with Crippen LogP contribution in [0.15, 0.2) is 47.4 Å². The second-order valence-corrected chi connectivity index (χ2v) is 7.54. The number of aryl methyl sites for hydroxylation is 2. The summed E-state index contributed by atoms with van der Waals surface area (Å²) in [6, 6.07) is 12.5. The Bertz CT molecular complexity index is 757. The molecule has 0 spiro atoms. The van der Waals surface area contributed by atoms with Crippen molar-refractivity contribution in [2.45, 2.75) is 25.3 Å². The van der Waals surface area contributed by atoms with Crippen LogP contribution in [0.1, 0.15) is 16.7 Å². The molecular weight excluding hydrogens is 306 g/mol. The molecule has 0 bridgehead atoms. The summed E-state index contributed by atoms with van der Waals surface area (Å²) in [5.74, 6) is 0. The molecule has 5 heteroatoms. The van der Waals surface area contributed by atoms with Crippen molar-refractivity contribution >= 4 is 21.6 Å². The molecule has 2 rings (SSSR count). The van der Waals surface area contributed by atoms with Crippen LogP contribution < -0.4 is 0 Å². The number of nitrogens with zero attached hydrogens (tertiary/aromatic N) is 1. The molecule has 0 radical (unpaired) electrons. The number of benzene rings is 2. The van der Waals surface area contributed by atoms with E-state index in [-0.39, 0.29) is 9.92 Å². The molecule has 0 fully saturated rings. The van der Waals surface area contributed by atoms with E-state index >= 15 is 0 Å². The van der Waals surface area contributed by atoms with E-state index in [4.69, 9.17) is 11.6 Å². The molecule has 2 aromatic rings. The maximum Gasteiger partial charge on any atom is 0.244 e. The van der Waals surface area contributed by atoms with Gasteiger partial charge in [-0.1, -0.05) is 47.5 Å². The highest BCUT2D eigenvalue weighted by Crippen LogP contribution is 2.25. The zero-order valence-electron chi connectivity index (χ0n) is 12.3. The molecule has 0 saturated heterocycles. The van der Waals surface area contributed by atoms with Crippen molar-refractivity contribution in [3.05, 3.63) is 64.2 Å². The van der Waals surface area contributed by atoms with Gasteiger partial charge in [-0.15, -0.1) is 0 Å². The van der Waals surface area contributed by atoms with Crippen LogP contribution in [0.3, 0.4) is 0 Å². The normalized spacial score (nSPS) is 11.9. The van der Waals surface area contributed by atoms with E-state index in [0.717, 1.165) is 16.7 Å². The van der Waals surface area contributed by atoms with Gasteiger partial charge in [0.1, 0.15) is 4.90 Å². The van der Waals surface area contributed by atoms with E-state index in [0.29, 0.717) is 6.54 Å². The fraction of sp³-hybridized carbons (Fsp3) is 0.250. The molecule has 0 heterocycles. The summed E-state index contributed by atoms with van der Waals surface area (Å²) in [7, 11) is -2.03. The average molecular weight is 324 g/mol. The zero-order chi connectivity index (χ0) is 15.6. The van der Waals surface area contributed by atoms with Crippen LogP contribution in [0, 0.1) is 13.8 Å². The lowest BCUT2D eigenvalue weighted by molar-refractivity contribution is 0.466. The van der Waals surface area contributed by atoms with Crippen LogP contribution in [0.25, 0.3) is 0 Å². The standard InChI is InChI=1S/C16H18ClNO2S/c1-12-8-9-14(13(2)10-12)11-18(3)21(19,20)16-7-5-4-6-15(16)17/h4-10H,11H2,1-3H3. The lowest BCUT2D eigenvalue weighted by atomic mass is 10.1. The molecule has 2 aromatic carbocycles. The van der Waals surface area contributed by atoms with E-state index in [9.17, 15) is 8.42 Å². The fourth-order valence-electron chi connectivity index (χ4n) is 2.17. The summed E-state index contributed by atoms with van der Waals surface area (Å²) in [6.45, 7) is 4.32. The predicted octanol–water partition coefficient (Wildman–Crippen LogP) is 3.78. The average Bonchev–Trinajstić information content (AvgIpc) is 2.42. The highest BCUT2D eigenvalue weighted by atomic mass is 35.5. The molecule has 0 atom stereocenters. The molecule has 0 aromatic heterocycles. The summed E-state index contributed by atoms with van der Waals surface area (Å²) >= 11 is 6.00. The van der Waals surface area contributed by atoms with Crippen molar-refractivity contribution in [1.29, 1.82) is 0 Å². The first kappa shape index (κ1) is 16.0. The lowest BCUT2D eigenvalue weighted by Gasteiger charge is -2.19. The van der Waals surface area contributed by atoms with Gasteiger partial charge in [-0.2, -0.15) is 4.31 Å². The number of sulfonamides is 1. The largest absolute Gasteiger partial charge is 0.244 e. The molecule has 3 nitrogen and oxygen atoms in total. The highest BCUT2D eigenvalue weighted by molar-refractivity contribution is 7.89. The molecule has 0 aliphatic carbocycles. The van der Waals surface area contributed by atoms with Gasteiger partial charge in [0.15, 0.2) is 0 Å². The van der Waals surface area contributed by atoms with Gasteiger partial charge in [-0.25, -0.2) is 8.42 Å². The summed E-state index contributed by atoms with van der Waals surface area (Å²) in [6.07, 6.45) is 0. The SMILES string of the molecule is Cc1ccc(CN(C)S(=O)(=O)c2ccccc2Cl)c(C)c1. The maximum atomic E-state index is 12.6. The van der Waals surface area contributed by atoms with Crippen molar-refractivity contribution in [1.82, 2.24) is 4.31 Å². The second kappa shape index (κ2) is 6.18. The van der Waals surface area contributed by atoms with Crippen LogP contribution in [0.4, 0.5) is 0 Å². The van der Waals surface area contributed by atoms with Gasteiger partial charge < -0.3 is 0 Å². The minimum absolute atomic E-state index is 0.138. The molecular formula is C16H18ClNO2S. The third-order valence-electron chi connectivity index (χ3n) is 3.42. The van der Waals surface area contributed by atoms with Crippen molar-refractivity contribution in [2.75, 3.05) is 7.05 Å². The van der Waals surface area contributed by atoms with Crippen LogP contribution in [0.5, 0.6) is 0 Å². The molecule has 0 saturated carbocycles. The molecule has 112 valence electrons. The molecule has 0 N–H and O–H groups in total. The van der Waals surface area contributed by atoms with Gasteiger partial charge in [0.2, 0.25) is 10.0 Å². The minimum atomic E-state index is -3.59. The number of hydrogen-bond acceptors (Lipinski definition) is 2. The van der Waals surface area contributed by atoms with Crippen LogP contribution in [-0.4, -0.2) is 19.8 Å². The van der Waals surface area contributed by atoms with Crippen LogP contribution in [-0.2, 0) is 16.6 Å². The third-order valence-corrected chi connectivity index (χ3v) is 5.72. The summed E-state index contributed by atoms with van der Waals surface area (Å²) in [5.41, 5.74) is 3.22. The first-order valence-corrected chi connectivity index (χ1v) is 8.41. The Labute approximate surface area is 131 Å². The lowest BCUT2D eigenvalue weighted by Crippen LogP contribution is -2.27. The topological polar surface area (TPSA) is 37.4 Å². The Morgan fingerprint density at radius 2 is 1.76 bits per heavy atom. The summed E-state index contributed by atoms with van der Waals surface area (Å²) < 4.78 is 26.5. The smallest absolute Gasteiger partial charge is 0.207 e. The van der Waals surface area contributed by atoms with E-state index in [1.807, 2.05) is 32.0 Å². The zero-order valence-corrected chi connectivity index (χ0v) is 13.9. The number of halogens is 1. The Kier molecular flexibility index (Phi) is 4.71. The van der Waals surface area contributed by atoms with Gasteiger partial charge >= 0.3 is 0 Å². The van der Waals surface area contributed by atoms with E-state index < -0.39 is 10.0 Å². The van der Waals surface area contributed by atoms with Crippen molar-refractivity contribution < 1.29 is 8.42 Å². The van der Waals surface area contributed by atoms with Crippen molar-refractivity contribution in [3.8, 4) is 0 Å². The summed E-state index contributed by atoms with van der Waals surface area (Å²) in [5, 5.41) is 0.241. The highest BCUT2D eigenvalue weighted by Gasteiger charge is 2.23. The van der Waals surface area contributed by atoms with Crippen molar-refractivity contribution in [2.24, 2.45) is 0 Å². The Morgan fingerprint density at radius 3 is 2.38 bits per heavy atom. The van der Waals surface area contributed by atoms with E-state index in [1.165, 1.54) is 10.4 Å². The van der Waals surface area contributed by atoms with Crippen LogP contribution >= 0.6 is 11.6 Å². The quantitative estimate of drug-likeness (QED) is 0.858. The molecule has 0 aliphatic rings. The maximum absolute atomic E-state index is 12.6. The summed E-state index contributed by atoms with van der Waals surface area (Å²) in [4.78, 5) is 0.138. The van der Waals surface area contributed by atoms with Gasteiger partial charge in [-0.05, 0) is 37.1 Å². The van der Waals surface area contributed by atoms with Crippen LogP contribution in [0.2, 0.25) is 5.02 Å². The van der Waals surface area contributed by atoms with E-state index in [2.05, 4.69) is 0 Å². The molecule has 0 amide bonds. The molecule has 0 unspecified atom stereocenters. The first-order chi connectivity index (χ1) is 9.82. The third kappa shape index (κ3) is 3.46. The van der Waals surface area contributed by atoms with Gasteiger partial charge in [0.25, 0.3) is 0 Å². The monoisotopic (exact) mass is 323 g/mol. The first-order valence-electron chi connectivity index (χ1n) is 6.59. The Balaban J connectivity index is 2.31. The van der Waals surface area contributed by atoms with Gasteiger partial charge in [-0.3, -0.25) is 0 Å². The van der Waals surface area contributed by atoms with Gasteiger partial charge in [0.05, 0.1) is 5.02 Å². The molecule has 21 heavy (non-hydrogen) atoms. The predicted molar refractivity (Wildman–Crippen MR) is 86.0 cm³/mol. The van der Waals surface area contributed by atoms with Gasteiger partial charge in [0, 0.05) is 13.6 Å². The Hall–Kier alpha value is -1.36. The fourth-order valence-corrected chi connectivity index (χ4v) is 3.81. The minimum Gasteiger partial charge on any atom is -0.207 e. The molecule has 0 aliphatic heterocycles. The second-order valence-electron chi connectivity index (χ2n) is 5.12. The number of rotatable bonds is 4.